The number of aliphatic hydroxyl groups is 1. The summed E-state index contributed by atoms with van der Waals surface area (Å²) in [6, 6.07) is 15.9. The fourth-order valence-electron chi connectivity index (χ4n) is 5.76. The highest BCUT2D eigenvalue weighted by molar-refractivity contribution is 6.35. The Morgan fingerprint density at radius 2 is 1.79 bits per heavy atom. The van der Waals surface area contributed by atoms with Crippen molar-refractivity contribution in [3.05, 3.63) is 103 Å². The van der Waals surface area contributed by atoms with Gasteiger partial charge in [0.15, 0.2) is 0 Å². The summed E-state index contributed by atoms with van der Waals surface area (Å²) in [5.41, 5.74) is 2.16. The van der Waals surface area contributed by atoms with Crippen molar-refractivity contribution in [1.29, 1.82) is 0 Å². The topological polar surface area (TPSA) is 102 Å². The summed E-state index contributed by atoms with van der Waals surface area (Å²) < 4.78 is 0. The minimum absolute atomic E-state index is 0.201. The molecule has 2 heterocycles. The molecule has 2 aromatic carbocycles. The smallest absolute Gasteiger partial charge is 0.255 e. The lowest BCUT2D eigenvalue weighted by atomic mass is 9.76. The largest absolute Gasteiger partial charge is 0.391 e. The minimum atomic E-state index is -0.772. The third-order valence-corrected chi connectivity index (χ3v) is 8.08. The van der Waals surface area contributed by atoms with E-state index in [4.69, 9.17) is 23.2 Å². The second-order valence-corrected chi connectivity index (χ2v) is 10.7. The van der Waals surface area contributed by atoms with Gasteiger partial charge in [-0.15, -0.1) is 0 Å². The Labute approximate surface area is 230 Å². The molecular weight excluding hydrogens is 525 g/mol. The molecule has 3 aromatic rings. The van der Waals surface area contributed by atoms with Crippen LogP contribution in [-0.4, -0.2) is 45.5 Å². The van der Waals surface area contributed by atoms with Crippen molar-refractivity contribution in [2.75, 3.05) is 6.54 Å². The zero-order valence-corrected chi connectivity index (χ0v) is 22.2. The zero-order valence-electron chi connectivity index (χ0n) is 20.7. The highest BCUT2D eigenvalue weighted by atomic mass is 35.5. The molecule has 1 aliphatic carbocycles. The molecule has 1 fully saturated rings. The highest BCUT2D eigenvalue weighted by Crippen LogP contribution is 2.47. The van der Waals surface area contributed by atoms with Gasteiger partial charge in [-0.2, -0.15) is 0 Å². The number of pyridine rings is 1. The maximum absolute atomic E-state index is 14.0. The number of nitrogens with zero attached hydrogens (tertiary/aromatic N) is 1. The molecule has 7 nitrogen and oxygen atoms in total. The van der Waals surface area contributed by atoms with Crippen LogP contribution in [0, 0.1) is 0 Å². The molecule has 38 heavy (non-hydrogen) atoms. The van der Waals surface area contributed by atoms with E-state index in [1.165, 1.54) is 6.07 Å². The quantitative estimate of drug-likeness (QED) is 0.414. The molecule has 2 aliphatic rings. The number of carbonyl (C=O) groups excluding carboxylic acids is 2. The standard InChI is InChI=1S/C29H29Cl2N3O4/c30-17-12-13-21(22(31)16-17)27-26(28(37)32-15-14-18-6-5-11-25(36)33-18)19-7-1-2-8-20(19)29(38)34(27)23-9-3-4-10-24(23)35/h1-2,5-8,11-13,16,23-24,26-27,35H,3-4,9-10,14-15H2,(H,32,37)(H,33,36)/t23-,24-,26+,27-/m0/s1. The van der Waals surface area contributed by atoms with Crippen LogP contribution in [0.1, 0.15) is 64.8 Å². The number of nitrogens with one attached hydrogen (secondary N) is 2. The van der Waals surface area contributed by atoms with Gasteiger partial charge >= 0.3 is 0 Å². The van der Waals surface area contributed by atoms with E-state index in [9.17, 15) is 19.5 Å². The number of halogens is 2. The van der Waals surface area contributed by atoms with Crippen molar-refractivity contribution in [3.63, 3.8) is 0 Å². The predicted molar refractivity (Wildman–Crippen MR) is 147 cm³/mol. The number of hydrogen-bond acceptors (Lipinski definition) is 4. The third-order valence-electron chi connectivity index (χ3n) is 7.51. The Morgan fingerprint density at radius 3 is 2.55 bits per heavy atom. The van der Waals surface area contributed by atoms with Crippen molar-refractivity contribution in [2.24, 2.45) is 0 Å². The van der Waals surface area contributed by atoms with Crippen molar-refractivity contribution >= 4 is 35.0 Å². The molecule has 0 saturated heterocycles. The molecule has 2 amide bonds. The Hall–Kier alpha value is -3.13. The van der Waals surface area contributed by atoms with E-state index in [0.717, 1.165) is 12.8 Å². The molecule has 4 atom stereocenters. The van der Waals surface area contributed by atoms with E-state index in [0.29, 0.717) is 58.2 Å². The van der Waals surface area contributed by atoms with Crippen LogP contribution < -0.4 is 10.9 Å². The number of rotatable bonds is 6. The Bertz CT molecular complexity index is 1410. The van der Waals surface area contributed by atoms with Gasteiger partial charge in [-0.1, -0.05) is 66.4 Å². The first kappa shape index (κ1) is 26.5. The molecule has 0 radical (unpaired) electrons. The Kier molecular flexibility index (Phi) is 7.88. The molecule has 0 spiro atoms. The molecular formula is C29H29Cl2N3O4. The SMILES string of the molecule is O=C(NCCc1cccc(=O)[nH]1)[C@@H]1c2ccccc2C(=O)N([C@H]2CCCC[C@@H]2O)[C@H]1c1ccc(Cl)cc1Cl. The maximum Gasteiger partial charge on any atom is 0.255 e. The van der Waals surface area contributed by atoms with E-state index in [1.54, 1.807) is 53.4 Å². The van der Waals surface area contributed by atoms with E-state index in [2.05, 4.69) is 10.3 Å². The van der Waals surface area contributed by atoms with Gasteiger partial charge in [0.05, 0.1) is 24.1 Å². The van der Waals surface area contributed by atoms with Crippen LogP contribution in [0.25, 0.3) is 0 Å². The molecule has 3 N–H and O–H groups in total. The lowest BCUT2D eigenvalue weighted by Gasteiger charge is -2.48. The van der Waals surface area contributed by atoms with Crippen molar-refractivity contribution < 1.29 is 14.7 Å². The summed E-state index contributed by atoms with van der Waals surface area (Å²) in [5.74, 6) is -1.27. The highest BCUT2D eigenvalue weighted by Gasteiger charge is 2.48. The van der Waals surface area contributed by atoms with Gasteiger partial charge in [-0.05, 0) is 48.2 Å². The van der Waals surface area contributed by atoms with Crippen molar-refractivity contribution in [2.45, 2.75) is 56.2 Å². The van der Waals surface area contributed by atoms with Crippen LogP contribution in [0.4, 0.5) is 0 Å². The van der Waals surface area contributed by atoms with Crippen LogP contribution in [-0.2, 0) is 11.2 Å². The average molecular weight is 554 g/mol. The second kappa shape index (κ2) is 11.3. The molecule has 9 heteroatoms. The maximum atomic E-state index is 14.0. The summed E-state index contributed by atoms with van der Waals surface area (Å²) in [7, 11) is 0. The first-order valence-electron chi connectivity index (χ1n) is 12.9. The lowest BCUT2D eigenvalue weighted by Crippen LogP contribution is -2.55. The number of H-pyrrole nitrogens is 1. The summed E-state index contributed by atoms with van der Waals surface area (Å²) >= 11 is 12.9. The molecule has 1 aliphatic heterocycles. The van der Waals surface area contributed by atoms with E-state index >= 15 is 0 Å². The summed E-state index contributed by atoms with van der Waals surface area (Å²) in [6.45, 7) is 0.290. The number of benzene rings is 2. The number of hydrogen-bond donors (Lipinski definition) is 3. The summed E-state index contributed by atoms with van der Waals surface area (Å²) in [6.07, 6.45) is 2.71. The number of aromatic nitrogens is 1. The van der Waals surface area contributed by atoms with Crippen LogP contribution >= 0.6 is 23.2 Å². The van der Waals surface area contributed by atoms with Gasteiger partial charge in [-0.25, -0.2) is 0 Å². The summed E-state index contributed by atoms with van der Waals surface area (Å²) in [5, 5.41) is 14.8. The van der Waals surface area contributed by atoms with Crippen LogP contribution in [0.5, 0.6) is 0 Å². The van der Waals surface area contributed by atoms with Crippen LogP contribution in [0.3, 0.4) is 0 Å². The fourth-order valence-corrected chi connectivity index (χ4v) is 6.28. The fraction of sp³-hybridized carbons (Fsp3) is 0.345. The van der Waals surface area contributed by atoms with Gasteiger partial charge in [0, 0.05) is 40.3 Å². The van der Waals surface area contributed by atoms with E-state index in [1.807, 2.05) is 6.07 Å². The first-order valence-corrected chi connectivity index (χ1v) is 13.6. The molecule has 0 unspecified atom stereocenters. The van der Waals surface area contributed by atoms with Gasteiger partial charge in [0.25, 0.3) is 5.91 Å². The van der Waals surface area contributed by atoms with E-state index in [-0.39, 0.29) is 17.4 Å². The normalized spacial score (nSPS) is 23.1. The average Bonchev–Trinajstić information content (AvgIpc) is 2.89. The minimum Gasteiger partial charge on any atom is -0.391 e. The lowest BCUT2D eigenvalue weighted by molar-refractivity contribution is -0.125. The number of amides is 2. The van der Waals surface area contributed by atoms with Gasteiger partial charge < -0.3 is 20.3 Å². The monoisotopic (exact) mass is 553 g/mol. The molecule has 198 valence electrons. The Morgan fingerprint density at radius 1 is 1.00 bits per heavy atom. The molecule has 1 aromatic heterocycles. The number of aromatic amines is 1. The molecule has 0 bridgehead atoms. The van der Waals surface area contributed by atoms with Gasteiger partial charge in [-0.3, -0.25) is 14.4 Å². The Balaban J connectivity index is 1.56. The number of aliphatic hydroxyl groups excluding tert-OH is 1. The molecule has 5 rings (SSSR count). The second-order valence-electron chi connectivity index (χ2n) is 9.89. The third kappa shape index (κ3) is 5.23. The molecule has 1 saturated carbocycles. The zero-order chi connectivity index (χ0) is 26.8. The number of fused-ring (bicyclic) bond motifs is 1. The van der Waals surface area contributed by atoms with Crippen molar-refractivity contribution in [3.8, 4) is 0 Å². The first-order chi connectivity index (χ1) is 18.3. The van der Waals surface area contributed by atoms with Gasteiger partial charge in [0.2, 0.25) is 11.5 Å². The number of carbonyl (C=O) groups is 2. The van der Waals surface area contributed by atoms with E-state index < -0.39 is 24.1 Å². The van der Waals surface area contributed by atoms with Gasteiger partial charge in [0.1, 0.15) is 0 Å². The van der Waals surface area contributed by atoms with Crippen LogP contribution in [0.15, 0.2) is 65.5 Å². The summed E-state index contributed by atoms with van der Waals surface area (Å²) in [4.78, 5) is 44.0. The predicted octanol–water partition coefficient (Wildman–Crippen LogP) is 4.62. The van der Waals surface area contributed by atoms with Crippen LogP contribution in [0.2, 0.25) is 10.0 Å². The van der Waals surface area contributed by atoms with Crippen molar-refractivity contribution in [1.82, 2.24) is 15.2 Å².